The fraction of sp³-hybridized carbons (Fsp3) is 0.769. The first-order chi connectivity index (χ1) is 8.55. The minimum Gasteiger partial charge on any atom is -0.388 e. The Balaban J connectivity index is 1.84. The SMILES string of the molecule is Cc1cc(SCCC2CCCC2(O)CN)n(C)n1. The zero-order valence-electron chi connectivity index (χ0n) is 11.2. The van der Waals surface area contributed by atoms with E-state index in [9.17, 15) is 5.11 Å². The van der Waals surface area contributed by atoms with E-state index in [1.807, 2.05) is 30.4 Å². The summed E-state index contributed by atoms with van der Waals surface area (Å²) in [6, 6.07) is 2.11. The summed E-state index contributed by atoms with van der Waals surface area (Å²) >= 11 is 1.81. The highest BCUT2D eigenvalue weighted by Gasteiger charge is 2.39. The molecule has 102 valence electrons. The topological polar surface area (TPSA) is 64.1 Å². The van der Waals surface area contributed by atoms with Gasteiger partial charge in [0.2, 0.25) is 0 Å². The van der Waals surface area contributed by atoms with Gasteiger partial charge in [0.05, 0.1) is 16.3 Å². The Labute approximate surface area is 113 Å². The number of thioether (sulfide) groups is 1. The van der Waals surface area contributed by atoms with E-state index in [0.717, 1.165) is 37.1 Å². The molecule has 1 aliphatic carbocycles. The zero-order chi connectivity index (χ0) is 13.2. The molecule has 0 radical (unpaired) electrons. The smallest absolute Gasteiger partial charge is 0.0939 e. The van der Waals surface area contributed by atoms with Crippen molar-refractivity contribution in [3.63, 3.8) is 0 Å². The first-order valence-electron chi connectivity index (χ1n) is 6.61. The van der Waals surface area contributed by atoms with Gasteiger partial charge in [0.25, 0.3) is 0 Å². The Hall–Kier alpha value is -0.520. The van der Waals surface area contributed by atoms with Crippen molar-refractivity contribution >= 4 is 11.8 Å². The molecule has 2 atom stereocenters. The first-order valence-corrected chi connectivity index (χ1v) is 7.59. The van der Waals surface area contributed by atoms with Crippen LogP contribution in [0.3, 0.4) is 0 Å². The van der Waals surface area contributed by atoms with Crippen molar-refractivity contribution in [2.45, 2.75) is 43.2 Å². The molecule has 18 heavy (non-hydrogen) atoms. The third-order valence-corrected chi connectivity index (χ3v) is 5.07. The molecule has 0 spiro atoms. The van der Waals surface area contributed by atoms with Crippen LogP contribution in [0.15, 0.2) is 11.1 Å². The van der Waals surface area contributed by atoms with Crippen LogP contribution in [0.25, 0.3) is 0 Å². The molecule has 1 saturated carbocycles. The van der Waals surface area contributed by atoms with Crippen molar-refractivity contribution < 1.29 is 5.11 Å². The Kier molecular flexibility index (Phi) is 4.35. The predicted octanol–water partition coefficient (Wildman–Crippen LogP) is 1.70. The second kappa shape index (κ2) is 5.63. The summed E-state index contributed by atoms with van der Waals surface area (Å²) in [5, 5.41) is 15.9. The summed E-state index contributed by atoms with van der Waals surface area (Å²) in [7, 11) is 1.97. The molecule has 3 N–H and O–H groups in total. The normalized spacial score (nSPS) is 27.9. The van der Waals surface area contributed by atoms with Crippen LogP contribution in [-0.4, -0.2) is 32.8 Å². The summed E-state index contributed by atoms with van der Waals surface area (Å²) in [5.74, 6) is 1.38. The summed E-state index contributed by atoms with van der Waals surface area (Å²) in [6.45, 7) is 2.40. The molecular formula is C13H23N3OS. The van der Waals surface area contributed by atoms with Crippen LogP contribution in [0.1, 0.15) is 31.4 Å². The molecule has 0 saturated heterocycles. The van der Waals surface area contributed by atoms with Gasteiger partial charge in [0.15, 0.2) is 0 Å². The molecule has 5 heteroatoms. The number of hydrogen-bond acceptors (Lipinski definition) is 4. The summed E-state index contributed by atoms with van der Waals surface area (Å²) in [4.78, 5) is 0. The average molecular weight is 269 g/mol. The molecular weight excluding hydrogens is 246 g/mol. The van der Waals surface area contributed by atoms with Crippen LogP contribution in [0.5, 0.6) is 0 Å². The molecule has 1 heterocycles. The molecule has 1 fully saturated rings. The Morgan fingerprint density at radius 3 is 3.06 bits per heavy atom. The van der Waals surface area contributed by atoms with E-state index in [0.29, 0.717) is 12.5 Å². The number of hydrogen-bond donors (Lipinski definition) is 2. The lowest BCUT2D eigenvalue weighted by Gasteiger charge is -2.28. The van der Waals surface area contributed by atoms with Gasteiger partial charge < -0.3 is 10.8 Å². The molecule has 2 rings (SSSR count). The number of rotatable bonds is 5. The minimum atomic E-state index is -0.608. The van der Waals surface area contributed by atoms with E-state index < -0.39 is 5.60 Å². The zero-order valence-corrected chi connectivity index (χ0v) is 12.0. The van der Waals surface area contributed by atoms with Crippen molar-refractivity contribution in [1.29, 1.82) is 0 Å². The van der Waals surface area contributed by atoms with Crippen molar-refractivity contribution in [2.75, 3.05) is 12.3 Å². The fourth-order valence-electron chi connectivity index (χ4n) is 2.84. The second-order valence-electron chi connectivity index (χ2n) is 5.28. The Morgan fingerprint density at radius 1 is 1.67 bits per heavy atom. The van der Waals surface area contributed by atoms with Crippen LogP contribution in [0.4, 0.5) is 0 Å². The third-order valence-electron chi connectivity index (χ3n) is 3.95. The van der Waals surface area contributed by atoms with E-state index >= 15 is 0 Å². The van der Waals surface area contributed by atoms with Gasteiger partial charge in [-0.15, -0.1) is 11.8 Å². The maximum absolute atomic E-state index is 10.4. The van der Waals surface area contributed by atoms with Crippen molar-refractivity contribution in [1.82, 2.24) is 9.78 Å². The monoisotopic (exact) mass is 269 g/mol. The van der Waals surface area contributed by atoms with Crippen molar-refractivity contribution in [2.24, 2.45) is 18.7 Å². The van der Waals surface area contributed by atoms with E-state index in [1.165, 1.54) is 5.03 Å². The molecule has 0 amide bonds. The van der Waals surface area contributed by atoms with Crippen LogP contribution < -0.4 is 5.73 Å². The van der Waals surface area contributed by atoms with Gasteiger partial charge in [-0.05, 0) is 43.9 Å². The lowest BCUT2D eigenvalue weighted by molar-refractivity contribution is 0.0103. The van der Waals surface area contributed by atoms with Crippen molar-refractivity contribution in [3.05, 3.63) is 11.8 Å². The molecule has 1 aromatic heterocycles. The standard InChI is InChI=1S/C13H23N3OS/c1-10-8-12(16(2)15-10)18-7-5-11-4-3-6-13(11,17)9-14/h8,11,17H,3-7,9,14H2,1-2H3. The highest BCUT2D eigenvalue weighted by molar-refractivity contribution is 7.99. The lowest BCUT2D eigenvalue weighted by atomic mass is 9.89. The van der Waals surface area contributed by atoms with E-state index in [-0.39, 0.29) is 0 Å². The molecule has 1 aliphatic rings. The first kappa shape index (κ1) is 13.9. The molecule has 0 aliphatic heterocycles. The van der Waals surface area contributed by atoms with Gasteiger partial charge >= 0.3 is 0 Å². The summed E-state index contributed by atoms with van der Waals surface area (Å²) in [6.07, 6.45) is 4.11. The van der Waals surface area contributed by atoms with Gasteiger partial charge in [-0.25, -0.2) is 0 Å². The van der Waals surface area contributed by atoms with E-state index in [4.69, 9.17) is 5.73 Å². The maximum atomic E-state index is 10.4. The quantitative estimate of drug-likeness (QED) is 0.799. The lowest BCUT2D eigenvalue weighted by Crippen LogP contribution is -2.41. The van der Waals surface area contributed by atoms with Gasteiger partial charge in [0, 0.05) is 13.6 Å². The molecule has 0 aromatic carbocycles. The number of nitrogens with zero attached hydrogens (tertiary/aromatic N) is 2. The Bertz CT molecular complexity index is 407. The average Bonchev–Trinajstić information content (AvgIpc) is 2.84. The minimum absolute atomic E-state index is 0.365. The predicted molar refractivity (Wildman–Crippen MR) is 74.6 cm³/mol. The highest BCUT2D eigenvalue weighted by Crippen LogP contribution is 2.38. The van der Waals surface area contributed by atoms with Crippen molar-refractivity contribution in [3.8, 4) is 0 Å². The number of nitrogens with two attached hydrogens (primary N) is 1. The largest absolute Gasteiger partial charge is 0.388 e. The van der Waals surface area contributed by atoms with E-state index in [1.54, 1.807) is 0 Å². The summed E-state index contributed by atoms with van der Waals surface area (Å²) in [5.41, 5.74) is 6.14. The molecule has 1 aromatic rings. The second-order valence-corrected chi connectivity index (χ2v) is 6.40. The molecule has 0 bridgehead atoms. The number of aromatic nitrogens is 2. The third kappa shape index (κ3) is 2.90. The van der Waals surface area contributed by atoms with Crippen LogP contribution in [0.2, 0.25) is 0 Å². The summed E-state index contributed by atoms with van der Waals surface area (Å²) < 4.78 is 1.92. The molecule has 2 unspecified atom stereocenters. The number of aryl methyl sites for hydroxylation is 2. The number of aliphatic hydroxyl groups is 1. The van der Waals surface area contributed by atoms with Crippen LogP contribution in [0, 0.1) is 12.8 Å². The van der Waals surface area contributed by atoms with Gasteiger partial charge in [-0.2, -0.15) is 5.10 Å². The van der Waals surface area contributed by atoms with Gasteiger partial charge in [-0.1, -0.05) is 6.42 Å². The maximum Gasteiger partial charge on any atom is 0.0939 e. The highest BCUT2D eigenvalue weighted by atomic mass is 32.2. The Morgan fingerprint density at radius 2 is 2.44 bits per heavy atom. The van der Waals surface area contributed by atoms with Gasteiger partial charge in [0.1, 0.15) is 0 Å². The van der Waals surface area contributed by atoms with E-state index in [2.05, 4.69) is 11.2 Å². The van der Waals surface area contributed by atoms with Crippen LogP contribution >= 0.6 is 11.8 Å². The van der Waals surface area contributed by atoms with Gasteiger partial charge in [-0.3, -0.25) is 4.68 Å². The molecule has 4 nitrogen and oxygen atoms in total. The fourth-order valence-corrected chi connectivity index (χ4v) is 3.93. The van der Waals surface area contributed by atoms with Crippen LogP contribution in [-0.2, 0) is 7.05 Å².